The first-order valence-corrected chi connectivity index (χ1v) is 3.50. The van der Waals surface area contributed by atoms with Crippen molar-refractivity contribution >= 4 is 6.21 Å². The molecule has 0 heterocycles. The third kappa shape index (κ3) is 2.42. The highest BCUT2D eigenvalue weighted by atomic mass is 16.5. The molecule has 11 heavy (non-hydrogen) atoms. The van der Waals surface area contributed by atoms with Crippen LogP contribution in [-0.4, -0.2) is 18.0 Å². The number of aryl methyl sites for hydroxylation is 1. The highest BCUT2D eigenvalue weighted by molar-refractivity contribution is 5.75. The molecule has 0 atom stereocenters. The van der Waals surface area contributed by atoms with Gasteiger partial charge < -0.3 is 5.21 Å². The fourth-order valence-electron chi connectivity index (χ4n) is 0.862. The molecule has 2 nitrogen and oxygen atoms in total. The van der Waals surface area contributed by atoms with E-state index in [2.05, 4.69) is 0 Å². The van der Waals surface area contributed by atoms with Crippen LogP contribution in [0.5, 0.6) is 0 Å². The molecule has 0 aliphatic carbocycles. The molecule has 58 valence electrons. The maximum Gasteiger partial charge on any atom is 0.181 e. The molecule has 0 unspecified atom stereocenters. The number of nitrogens with zero attached hydrogens (tertiary/aromatic N) is 1. The van der Waals surface area contributed by atoms with Crippen molar-refractivity contribution in [2.45, 2.75) is 6.92 Å². The van der Waals surface area contributed by atoms with Gasteiger partial charge in [0.1, 0.15) is 7.05 Å². The van der Waals surface area contributed by atoms with Crippen molar-refractivity contribution in [2.24, 2.45) is 0 Å². The van der Waals surface area contributed by atoms with E-state index in [0.29, 0.717) is 0 Å². The number of hydrogen-bond donors (Lipinski definition) is 0. The highest BCUT2D eigenvalue weighted by Gasteiger charge is 1.89. The van der Waals surface area contributed by atoms with E-state index in [1.807, 2.05) is 31.2 Å². The summed E-state index contributed by atoms with van der Waals surface area (Å²) in [5, 5.41) is 10.6. The maximum absolute atomic E-state index is 10.6. The van der Waals surface area contributed by atoms with E-state index in [-0.39, 0.29) is 0 Å². The zero-order valence-corrected chi connectivity index (χ0v) is 6.74. The van der Waals surface area contributed by atoms with Crippen LogP contribution >= 0.6 is 0 Å². The minimum absolute atomic E-state index is 0.796. The molecule has 0 saturated carbocycles. The van der Waals surface area contributed by atoms with Crippen molar-refractivity contribution < 1.29 is 4.74 Å². The van der Waals surface area contributed by atoms with Crippen LogP contribution in [0.1, 0.15) is 11.1 Å². The Morgan fingerprint density at radius 3 is 2.27 bits per heavy atom. The van der Waals surface area contributed by atoms with Gasteiger partial charge in [-0.15, -0.1) is 0 Å². The molecule has 0 aromatic heterocycles. The van der Waals surface area contributed by atoms with Gasteiger partial charge in [-0.3, -0.25) is 0 Å². The summed E-state index contributed by atoms with van der Waals surface area (Å²) in [6, 6.07) is 7.80. The van der Waals surface area contributed by atoms with Gasteiger partial charge in [-0.1, -0.05) is 17.7 Å². The number of rotatable bonds is 1. The molecule has 2 heteroatoms. The number of hydrogen-bond acceptors (Lipinski definition) is 1. The van der Waals surface area contributed by atoms with Gasteiger partial charge in [-0.2, -0.15) is 0 Å². The zero-order valence-electron chi connectivity index (χ0n) is 6.74. The van der Waals surface area contributed by atoms with Crippen molar-refractivity contribution in [3.8, 4) is 0 Å². The summed E-state index contributed by atoms with van der Waals surface area (Å²) in [5.41, 5.74) is 2.14. The lowest BCUT2D eigenvalue weighted by atomic mass is 10.2. The molecular formula is C9H11NO. The summed E-state index contributed by atoms with van der Waals surface area (Å²) in [4.78, 5) is 0. The van der Waals surface area contributed by atoms with Gasteiger partial charge in [0.2, 0.25) is 0 Å². The smallest absolute Gasteiger partial charge is 0.181 e. The highest BCUT2D eigenvalue weighted by Crippen LogP contribution is 1.99. The van der Waals surface area contributed by atoms with Gasteiger partial charge in [0.15, 0.2) is 6.21 Å². The fraction of sp³-hybridized carbons (Fsp3) is 0.222. The molecule has 0 spiro atoms. The topological polar surface area (TPSA) is 26.1 Å². The molecule has 0 N–H and O–H groups in total. The normalized spacial score (nSPS) is 11.6. The molecule has 0 saturated heterocycles. The van der Waals surface area contributed by atoms with E-state index in [9.17, 15) is 5.21 Å². The lowest BCUT2D eigenvalue weighted by molar-refractivity contribution is -0.416. The van der Waals surface area contributed by atoms with E-state index in [1.54, 1.807) is 6.21 Å². The van der Waals surface area contributed by atoms with E-state index >= 15 is 0 Å². The number of hydroxylamine groups is 1. The summed E-state index contributed by atoms with van der Waals surface area (Å²) < 4.78 is 0.796. The Labute approximate surface area is 66.4 Å². The molecule has 0 radical (unpaired) electrons. The quantitative estimate of drug-likeness (QED) is 0.257. The molecule has 0 amide bonds. The second kappa shape index (κ2) is 3.19. The second-order valence-electron chi connectivity index (χ2n) is 2.59. The Bertz CT molecular complexity index is 257. The predicted octanol–water partition coefficient (Wildman–Crippen LogP) is 1.55. The van der Waals surface area contributed by atoms with Crippen LogP contribution in [0.3, 0.4) is 0 Å². The van der Waals surface area contributed by atoms with Crippen molar-refractivity contribution in [2.75, 3.05) is 7.05 Å². The average Bonchev–Trinajstić information content (AvgIpc) is 1.93. The Hall–Kier alpha value is -1.31. The van der Waals surface area contributed by atoms with Gasteiger partial charge in [-0.25, -0.2) is 4.74 Å². The second-order valence-corrected chi connectivity index (χ2v) is 2.59. The van der Waals surface area contributed by atoms with Crippen LogP contribution in [0.4, 0.5) is 0 Å². The van der Waals surface area contributed by atoms with E-state index in [0.717, 1.165) is 10.3 Å². The molecule has 1 rings (SSSR count). The standard InChI is InChI=1S/C9H11NO/c1-8-3-5-9(6-4-8)7-10(2)11/h3-7H,1-2H3/b10-7-. The van der Waals surface area contributed by atoms with Crippen LogP contribution in [-0.2, 0) is 0 Å². The third-order valence-corrected chi connectivity index (χ3v) is 1.41. The van der Waals surface area contributed by atoms with Gasteiger partial charge in [0.25, 0.3) is 0 Å². The van der Waals surface area contributed by atoms with Gasteiger partial charge >= 0.3 is 0 Å². The summed E-state index contributed by atoms with van der Waals surface area (Å²) in [5.74, 6) is 0. The van der Waals surface area contributed by atoms with Gasteiger partial charge in [0.05, 0.1) is 0 Å². The van der Waals surface area contributed by atoms with Crippen molar-refractivity contribution in [1.29, 1.82) is 0 Å². The Balaban J connectivity index is 2.91. The van der Waals surface area contributed by atoms with Gasteiger partial charge in [-0.05, 0) is 19.1 Å². The molecule has 0 bridgehead atoms. The zero-order chi connectivity index (χ0) is 8.27. The van der Waals surface area contributed by atoms with Crippen LogP contribution in [0.25, 0.3) is 0 Å². The molecule has 1 aromatic carbocycles. The summed E-state index contributed by atoms with van der Waals surface area (Å²) in [7, 11) is 1.47. The molecule has 1 aromatic rings. The van der Waals surface area contributed by atoms with Crippen LogP contribution < -0.4 is 0 Å². The predicted molar refractivity (Wildman–Crippen MR) is 45.9 cm³/mol. The molecule has 0 aliphatic heterocycles. The first-order valence-electron chi connectivity index (χ1n) is 3.50. The van der Waals surface area contributed by atoms with Crippen LogP contribution in [0.2, 0.25) is 0 Å². The van der Waals surface area contributed by atoms with Crippen molar-refractivity contribution in [1.82, 2.24) is 0 Å². The number of benzene rings is 1. The van der Waals surface area contributed by atoms with E-state index < -0.39 is 0 Å². The lowest BCUT2D eigenvalue weighted by Crippen LogP contribution is -1.96. The SMILES string of the molecule is Cc1ccc(/C=[N+](/C)[O-])cc1. The Morgan fingerprint density at radius 1 is 1.27 bits per heavy atom. The van der Waals surface area contributed by atoms with Crippen LogP contribution in [0, 0.1) is 12.1 Å². The minimum Gasteiger partial charge on any atom is -0.624 e. The monoisotopic (exact) mass is 149 g/mol. The third-order valence-electron chi connectivity index (χ3n) is 1.41. The first-order chi connectivity index (χ1) is 5.18. The molecule has 0 fully saturated rings. The minimum atomic E-state index is 0.796. The van der Waals surface area contributed by atoms with Crippen LogP contribution in [0.15, 0.2) is 24.3 Å². The Morgan fingerprint density at radius 2 is 1.82 bits per heavy atom. The maximum atomic E-state index is 10.6. The fourth-order valence-corrected chi connectivity index (χ4v) is 0.862. The first kappa shape index (κ1) is 7.79. The van der Waals surface area contributed by atoms with Crippen molar-refractivity contribution in [3.63, 3.8) is 0 Å². The Kier molecular flexibility index (Phi) is 2.26. The van der Waals surface area contributed by atoms with Crippen molar-refractivity contribution in [3.05, 3.63) is 40.6 Å². The van der Waals surface area contributed by atoms with E-state index in [4.69, 9.17) is 0 Å². The summed E-state index contributed by atoms with van der Waals surface area (Å²) in [6.07, 6.45) is 1.54. The summed E-state index contributed by atoms with van der Waals surface area (Å²) >= 11 is 0. The molecular weight excluding hydrogens is 138 g/mol. The lowest BCUT2D eigenvalue weighted by Gasteiger charge is -1.95. The van der Waals surface area contributed by atoms with Gasteiger partial charge in [0, 0.05) is 5.56 Å². The summed E-state index contributed by atoms with van der Waals surface area (Å²) in [6.45, 7) is 2.02. The average molecular weight is 149 g/mol. The largest absolute Gasteiger partial charge is 0.624 e. The van der Waals surface area contributed by atoms with E-state index in [1.165, 1.54) is 12.6 Å². The molecule has 0 aliphatic rings.